The quantitative estimate of drug-likeness (QED) is 0.573. The van der Waals surface area contributed by atoms with Crippen molar-refractivity contribution in [1.82, 2.24) is 0 Å². The highest BCUT2D eigenvalue weighted by Gasteiger charge is 2.15. The number of hydrogen-bond acceptors (Lipinski definition) is 1. The molecule has 0 amide bonds. The Kier molecular flexibility index (Phi) is 6.81. The van der Waals surface area contributed by atoms with Crippen LogP contribution < -0.4 is 4.90 Å². The zero-order valence-electron chi connectivity index (χ0n) is 12.7. The normalized spacial score (nSPS) is 12.1. The molecular formula is C19H24BrN. The minimum atomic E-state index is 0.517. The average molecular weight is 346 g/mol. The van der Waals surface area contributed by atoms with Crippen molar-refractivity contribution in [1.29, 1.82) is 0 Å². The Morgan fingerprint density at radius 1 is 0.952 bits per heavy atom. The molecule has 0 saturated carbocycles. The van der Waals surface area contributed by atoms with E-state index in [1.165, 1.54) is 24.1 Å². The lowest BCUT2D eigenvalue weighted by molar-refractivity contribution is 0.664. The van der Waals surface area contributed by atoms with Crippen molar-refractivity contribution in [3.63, 3.8) is 0 Å². The smallest absolute Gasteiger partial charge is 0.0366 e. The van der Waals surface area contributed by atoms with E-state index in [0.29, 0.717) is 5.92 Å². The van der Waals surface area contributed by atoms with Gasteiger partial charge >= 0.3 is 0 Å². The summed E-state index contributed by atoms with van der Waals surface area (Å²) in [5, 5.41) is 0.993. The van der Waals surface area contributed by atoms with Crippen molar-refractivity contribution in [3.05, 3.63) is 66.2 Å². The molecule has 21 heavy (non-hydrogen) atoms. The van der Waals surface area contributed by atoms with Crippen LogP contribution in [0.25, 0.3) is 0 Å². The van der Waals surface area contributed by atoms with Crippen LogP contribution in [0.2, 0.25) is 0 Å². The lowest BCUT2D eigenvalue weighted by Crippen LogP contribution is -2.30. The van der Waals surface area contributed by atoms with Gasteiger partial charge in [-0.2, -0.15) is 0 Å². The fraction of sp³-hybridized carbons (Fsp3) is 0.368. The maximum atomic E-state index is 3.70. The molecule has 0 bridgehead atoms. The topological polar surface area (TPSA) is 3.24 Å². The molecule has 0 fully saturated rings. The van der Waals surface area contributed by atoms with E-state index in [4.69, 9.17) is 0 Å². The molecule has 0 radical (unpaired) electrons. The van der Waals surface area contributed by atoms with Gasteiger partial charge < -0.3 is 4.90 Å². The molecular weight excluding hydrogens is 322 g/mol. The van der Waals surface area contributed by atoms with Gasteiger partial charge in [-0.05, 0) is 24.1 Å². The molecule has 1 unspecified atom stereocenters. The highest BCUT2D eigenvalue weighted by atomic mass is 79.9. The maximum absolute atomic E-state index is 3.70. The van der Waals surface area contributed by atoms with Crippen LogP contribution in [-0.2, 0) is 0 Å². The molecule has 2 heteroatoms. The van der Waals surface area contributed by atoms with Crippen LogP contribution in [0.15, 0.2) is 60.7 Å². The summed E-state index contributed by atoms with van der Waals surface area (Å²) in [6.07, 6.45) is 2.46. The molecule has 0 aromatic heterocycles. The lowest BCUT2D eigenvalue weighted by atomic mass is 10.00. The number of benzene rings is 2. The van der Waals surface area contributed by atoms with Gasteiger partial charge in [0.15, 0.2) is 0 Å². The van der Waals surface area contributed by atoms with E-state index in [9.17, 15) is 0 Å². The van der Waals surface area contributed by atoms with Crippen LogP contribution in [0.4, 0.5) is 5.69 Å². The highest BCUT2D eigenvalue weighted by Crippen LogP contribution is 2.23. The van der Waals surface area contributed by atoms with Gasteiger partial charge in [0, 0.05) is 30.0 Å². The number of anilines is 1. The van der Waals surface area contributed by atoms with Gasteiger partial charge in [0.25, 0.3) is 0 Å². The molecule has 0 heterocycles. The summed E-state index contributed by atoms with van der Waals surface area (Å²) in [4.78, 5) is 2.52. The van der Waals surface area contributed by atoms with E-state index in [-0.39, 0.29) is 0 Å². The molecule has 0 spiro atoms. The van der Waals surface area contributed by atoms with Crippen molar-refractivity contribution in [3.8, 4) is 0 Å². The molecule has 0 N–H and O–H groups in total. The Balaban J connectivity index is 2.13. The van der Waals surface area contributed by atoms with Crippen molar-refractivity contribution >= 4 is 21.6 Å². The summed E-state index contributed by atoms with van der Waals surface area (Å²) in [5.41, 5.74) is 2.74. The second-order valence-corrected chi connectivity index (χ2v) is 6.04. The minimum Gasteiger partial charge on any atom is -0.371 e. The Morgan fingerprint density at radius 3 is 2.14 bits per heavy atom. The number of nitrogens with zero attached hydrogens (tertiary/aromatic N) is 1. The van der Waals surface area contributed by atoms with Gasteiger partial charge in [0.05, 0.1) is 0 Å². The molecule has 112 valence electrons. The maximum Gasteiger partial charge on any atom is 0.0366 e. The fourth-order valence-corrected chi connectivity index (χ4v) is 3.13. The summed E-state index contributed by atoms with van der Waals surface area (Å²) < 4.78 is 0. The van der Waals surface area contributed by atoms with Gasteiger partial charge in [-0.25, -0.2) is 0 Å². The largest absolute Gasteiger partial charge is 0.371 e. The first kappa shape index (κ1) is 16.1. The molecule has 0 saturated heterocycles. The number of unbranched alkanes of at least 4 members (excludes halogenated alkanes) is 1. The number of rotatable bonds is 8. The molecule has 1 nitrogen and oxygen atoms in total. The SMILES string of the molecule is CCCCN(CC(CBr)c1ccccc1)c1ccccc1. The number of alkyl halides is 1. The molecule has 0 aliphatic carbocycles. The van der Waals surface area contributed by atoms with Crippen LogP contribution >= 0.6 is 15.9 Å². The Labute approximate surface area is 137 Å². The summed E-state index contributed by atoms with van der Waals surface area (Å²) in [5.74, 6) is 0.517. The molecule has 1 atom stereocenters. The predicted octanol–water partition coefficient (Wildman–Crippen LogP) is 5.47. The van der Waals surface area contributed by atoms with E-state index in [2.05, 4.69) is 88.4 Å². The second kappa shape index (κ2) is 8.89. The summed E-state index contributed by atoms with van der Waals surface area (Å²) in [6.45, 7) is 4.43. The van der Waals surface area contributed by atoms with E-state index >= 15 is 0 Å². The van der Waals surface area contributed by atoms with Gasteiger partial charge in [0.2, 0.25) is 0 Å². The van der Waals surface area contributed by atoms with Gasteiger partial charge in [0.1, 0.15) is 0 Å². The van der Waals surface area contributed by atoms with Crippen LogP contribution in [0.3, 0.4) is 0 Å². The number of para-hydroxylation sites is 1. The zero-order chi connectivity index (χ0) is 14.9. The highest BCUT2D eigenvalue weighted by molar-refractivity contribution is 9.09. The number of hydrogen-bond donors (Lipinski definition) is 0. The molecule has 2 rings (SSSR count). The Bertz CT molecular complexity index is 497. The fourth-order valence-electron chi connectivity index (χ4n) is 2.55. The second-order valence-electron chi connectivity index (χ2n) is 5.40. The summed E-state index contributed by atoms with van der Waals surface area (Å²) >= 11 is 3.70. The summed E-state index contributed by atoms with van der Waals surface area (Å²) in [7, 11) is 0. The van der Waals surface area contributed by atoms with Crippen LogP contribution in [0.5, 0.6) is 0 Å². The van der Waals surface area contributed by atoms with E-state index in [1.807, 2.05) is 0 Å². The minimum absolute atomic E-state index is 0.517. The number of halogens is 1. The third-order valence-electron chi connectivity index (χ3n) is 3.80. The molecule has 2 aromatic rings. The first-order chi connectivity index (χ1) is 10.3. The average Bonchev–Trinajstić information content (AvgIpc) is 2.57. The lowest BCUT2D eigenvalue weighted by Gasteiger charge is -2.29. The Morgan fingerprint density at radius 2 is 1.57 bits per heavy atom. The summed E-state index contributed by atoms with van der Waals surface area (Å²) in [6, 6.07) is 21.6. The van der Waals surface area contributed by atoms with E-state index < -0.39 is 0 Å². The standard InChI is InChI=1S/C19H24BrN/c1-2-3-14-21(19-12-8-5-9-13-19)16-18(15-20)17-10-6-4-7-11-17/h4-13,18H,2-3,14-16H2,1H3. The van der Waals surface area contributed by atoms with Gasteiger partial charge in [-0.15, -0.1) is 0 Å². The van der Waals surface area contributed by atoms with Crippen LogP contribution in [0.1, 0.15) is 31.2 Å². The van der Waals surface area contributed by atoms with Gasteiger partial charge in [-0.3, -0.25) is 0 Å². The van der Waals surface area contributed by atoms with E-state index in [1.54, 1.807) is 0 Å². The molecule has 2 aromatic carbocycles. The molecule has 0 aliphatic rings. The molecule has 0 aliphatic heterocycles. The monoisotopic (exact) mass is 345 g/mol. The van der Waals surface area contributed by atoms with Crippen molar-refractivity contribution in [2.45, 2.75) is 25.7 Å². The first-order valence-electron chi connectivity index (χ1n) is 7.76. The van der Waals surface area contributed by atoms with Gasteiger partial charge in [-0.1, -0.05) is 77.8 Å². The zero-order valence-corrected chi connectivity index (χ0v) is 14.3. The van der Waals surface area contributed by atoms with Crippen LogP contribution in [-0.4, -0.2) is 18.4 Å². The van der Waals surface area contributed by atoms with Crippen molar-refractivity contribution < 1.29 is 0 Å². The van der Waals surface area contributed by atoms with E-state index in [0.717, 1.165) is 18.4 Å². The predicted molar refractivity (Wildman–Crippen MR) is 96.5 cm³/mol. The van der Waals surface area contributed by atoms with Crippen molar-refractivity contribution in [2.75, 3.05) is 23.3 Å². The van der Waals surface area contributed by atoms with Crippen molar-refractivity contribution in [2.24, 2.45) is 0 Å². The third kappa shape index (κ3) is 4.89. The van der Waals surface area contributed by atoms with Crippen LogP contribution in [0, 0.1) is 0 Å². The third-order valence-corrected chi connectivity index (χ3v) is 4.58. The Hall–Kier alpha value is -1.28. The first-order valence-corrected chi connectivity index (χ1v) is 8.88.